The van der Waals surface area contributed by atoms with Crippen molar-refractivity contribution in [3.05, 3.63) is 28.9 Å². The standard InChI is InChI=1S/C13H13FN2OS/c14-7-4-5-10-9(6-7)11(15)12(18-10)13(17)16-8-2-1-3-8/h4-6,8H,1-3,15H2,(H,16,17). The lowest BCUT2D eigenvalue weighted by atomic mass is 9.93. The number of halogens is 1. The van der Waals surface area contributed by atoms with E-state index in [0.29, 0.717) is 16.0 Å². The van der Waals surface area contributed by atoms with Crippen molar-refractivity contribution < 1.29 is 9.18 Å². The molecule has 1 saturated carbocycles. The molecule has 1 aromatic carbocycles. The Morgan fingerprint density at radius 2 is 2.22 bits per heavy atom. The Labute approximate surface area is 108 Å². The number of benzene rings is 1. The van der Waals surface area contributed by atoms with E-state index < -0.39 is 0 Å². The summed E-state index contributed by atoms with van der Waals surface area (Å²) >= 11 is 1.31. The summed E-state index contributed by atoms with van der Waals surface area (Å²) in [5.74, 6) is -0.475. The number of amides is 1. The number of rotatable bonds is 2. The van der Waals surface area contributed by atoms with E-state index in [9.17, 15) is 9.18 Å². The molecule has 1 aliphatic rings. The molecule has 1 amide bonds. The van der Waals surface area contributed by atoms with Crippen molar-refractivity contribution in [3.8, 4) is 0 Å². The largest absolute Gasteiger partial charge is 0.397 e. The molecule has 0 aliphatic heterocycles. The number of carbonyl (C=O) groups excluding carboxylic acids is 1. The van der Waals surface area contributed by atoms with Gasteiger partial charge in [-0.3, -0.25) is 4.79 Å². The van der Waals surface area contributed by atoms with Gasteiger partial charge in [0.2, 0.25) is 0 Å². The van der Waals surface area contributed by atoms with Crippen LogP contribution < -0.4 is 11.1 Å². The number of hydrogen-bond acceptors (Lipinski definition) is 3. The third-order valence-electron chi connectivity index (χ3n) is 3.34. The van der Waals surface area contributed by atoms with Crippen molar-refractivity contribution in [2.75, 3.05) is 5.73 Å². The van der Waals surface area contributed by atoms with Crippen LogP contribution in [-0.2, 0) is 0 Å². The number of nitrogens with two attached hydrogens (primary N) is 1. The van der Waals surface area contributed by atoms with Crippen molar-refractivity contribution in [1.82, 2.24) is 5.32 Å². The van der Waals surface area contributed by atoms with Gasteiger partial charge < -0.3 is 11.1 Å². The van der Waals surface area contributed by atoms with Crippen LogP contribution >= 0.6 is 11.3 Å². The zero-order chi connectivity index (χ0) is 12.7. The molecule has 94 valence electrons. The fourth-order valence-corrected chi connectivity index (χ4v) is 3.07. The Balaban J connectivity index is 1.95. The summed E-state index contributed by atoms with van der Waals surface area (Å²) in [7, 11) is 0. The van der Waals surface area contributed by atoms with Crippen LogP contribution in [0.4, 0.5) is 10.1 Å². The van der Waals surface area contributed by atoms with Crippen LogP contribution in [0.15, 0.2) is 18.2 Å². The molecule has 1 fully saturated rings. The highest BCUT2D eigenvalue weighted by Crippen LogP contribution is 2.34. The molecular weight excluding hydrogens is 251 g/mol. The zero-order valence-corrected chi connectivity index (χ0v) is 10.5. The number of thiophene rings is 1. The number of nitrogens with one attached hydrogen (secondary N) is 1. The van der Waals surface area contributed by atoms with Crippen LogP contribution in [-0.4, -0.2) is 11.9 Å². The molecule has 0 unspecified atom stereocenters. The molecule has 0 atom stereocenters. The smallest absolute Gasteiger partial charge is 0.263 e. The van der Waals surface area contributed by atoms with Gasteiger partial charge in [-0.1, -0.05) is 0 Å². The van der Waals surface area contributed by atoms with E-state index in [4.69, 9.17) is 5.73 Å². The third-order valence-corrected chi connectivity index (χ3v) is 4.52. The van der Waals surface area contributed by atoms with Gasteiger partial charge in [0.25, 0.3) is 5.91 Å². The zero-order valence-electron chi connectivity index (χ0n) is 9.70. The molecular formula is C13H13FN2OS. The van der Waals surface area contributed by atoms with Crippen LogP contribution in [0.2, 0.25) is 0 Å². The average Bonchev–Trinajstić information content (AvgIpc) is 2.61. The highest BCUT2D eigenvalue weighted by atomic mass is 32.1. The highest BCUT2D eigenvalue weighted by molar-refractivity contribution is 7.21. The summed E-state index contributed by atoms with van der Waals surface area (Å²) in [4.78, 5) is 12.5. The van der Waals surface area contributed by atoms with Crippen molar-refractivity contribution in [1.29, 1.82) is 0 Å². The van der Waals surface area contributed by atoms with Crippen LogP contribution in [0.25, 0.3) is 10.1 Å². The Morgan fingerprint density at radius 1 is 1.44 bits per heavy atom. The number of carbonyl (C=O) groups is 1. The summed E-state index contributed by atoms with van der Waals surface area (Å²) in [6, 6.07) is 4.69. The van der Waals surface area contributed by atoms with Crippen molar-refractivity contribution >= 4 is 33.0 Å². The van der Waals surface area contributed by atoms with Gasteiger partial charge in [0.05, 0.1) is 5.69 Å². The van der Waals surface area contributed by atoms with Gasteiger partial charge in [0.1, 0.15) is 10.7 Å². The van der Waals surface area contributed by atoms with Gasteiger partial charge in [-0.25, -0.2) is 4.39 Å². The topological polar surface area (TPSA) is 55.1 Å². The fourth-order valence-electron chi connectivity index (χ4n) is 2.06. The Bertz CT molecular complexity index is 619. The van der Waals surface area contributed by atoms with E-state index in [1.807, 2.05) is 0 Å². The van der Waals surface area contributed by atoms with Crippen molar-refractivity contribution in [3.63, 3.8) is 0 Å². The molecule has 0 saturated heterocycles. The molecule has 1 heterocycles. The van der Waals surface area contributed by atoms with Gasteiger partial charge in [-0.15, -0.1) is 11.3 Å². The molecule has 3 nitrogen and oxygen atoms in total. The predicted molar refractivity (Wildman–Crippen MR) is 71.3 cm³/mol. The lowest BCUT2D eigenvalue weighted by molar-refractivity contribution is 0.0922. The van der Waals surface area contributed by atoms with E-state index in [1.165, 1.54) is 23.5 Å². The van der Waals surface area contributed by atoms with E-state index in [0.717, 1.165) is 24.0 Å². The van der Waals surface area contributed by atoms with Crippen LogP contribution in [0.1, 0.15) is 28.9 Å². The summed E-state index contributed by atoms with van der Waals surface area (Å²) < 4.78 is 14.0. The Kier molecular flexibility index (Phi) is 2.70. The first-order valence-electron chi connectivity index (χ1n) is 5.93. The lowest BCUT2D eigenvalue weighted by Gasteiger charge is -2.26. The minimum atomic E-state index is -0.335. The van der Waals surface area contributed by atoms with E-state index in [1.54, 1.807) is 6.07 Å². The summed E-state index contributed by atoms with van der Waals surface area (Å²) in [6.07, 6.45) is 3.23. The molecule has 18 heavy (non-hydrogen) atoms. The van der Waals surface area contributed by atoms with Crippen molar-refractivity contribution in [2.45, 2.75) is 25.3 Å². The normalized spacial score (nSPS) is 15.6. The predicted octanol–water partition coefficient (Wildman–Crippen LogP) is 2.90. The molecule has 2 aromatic rings. The first kappa shape index (κ1) is 11.5. The average molecular weight is 264 g/mol. The van der Waals surface area contributed by atoms with E-state index >= 15 is 0 Å². The second-order valence-electron chi connectivity index (χ2n) is 4.59. The van der Waals surface area contributed by atoms with Gasteiger partial charge >= 0.3 is 0 Å². The number of hydrogen-bond donors (Lipinski definition) is 2. The SMILES string of the molecule is Nc1c(C(=O)NC2CCC2)sc2ccc(F)cc12. The number of fused-ring (bicyclic) bond motifs is 1. The molecule has 5 heteroatoms. The minimum Gasteiger partial charge on any atom is -0.397 e. The summed E-state index contributed by atoms with van der Waals surface area (Å²) in [6.45, 7) is 0. The summed E-state index contributed by atoms with van der Waals surface area (Å²) in [5, 5.41) is 3.57. The maximum absolute atomic E-state index is 13.1. The molecule has 1 aliphatic carbocycles. The molecule has 1 aromatic heterocycles. The third kappa shape index (κ3) is 1.84. The highest BCUT2D eigenvalue weighted by Gasteiger charge is 2.23. The van der Waals surface area contributed by atoms with Gasteiger partial charge in [0.15, 0.2) is 0 Å². The second-order valence-corrected chi connectivity index (χ2v) is 5.64. The van der Waals surface area contributed by atoms with Crippen LogP contribution in [0, 0.1) is 5.82 Å². The van der Waals surface area contributed by atoms with Gasteiger partial charge in [-0.05, 0) is 37.5 Å². The first-order chi connectivity index (χ1) is 8.65. The van der Waals surface area contributed by atoms with Crippen LogP contribution in [0.3, 0.4) is 0 Å². The maximum Gasteiger partial charge on any atom is 0.263 e. The monoisotopic (exact) mass is 264 g/mol. The quantitative estimate of drug-likeness (QED) is 0.876. The Morgan fingerprint density at radius 3 is 2.89 bits per heavy atom. The molecule has 0 bridgehead atoms. The second kappa shape index (κ2) is 4.24. The van der Waals surface area contributed by atoms with Crippen LogP contribution in [0.5, 0.6) is 0 Å². The lowest BCUT2D eigenvalue weighted by Crippen LogP contribution is -2.39. The molecule has 3 N–H and O–H groups in total. The number of nitrogen functional groups attached to an aromatic ring is 1. The minimum absolute atomic E-state index is 0.140. The molecule has 0 radical (unpaired) electrons. The van der Waals surface area contributed by atoms with Gasteiger partial charge in [-0.2, -0.15) is 0 Å². The molecule has 3 rings (SSSR count). The van der Waals surface area contributed by atoms with E-state index in [-0.39, 0.29) is 17.8 Å². The summed E-state index contributed by atoms with van der Waals surface area (Å²) in [5.41, 5.74) is 6.31. The Hall–Kier alpha value is -1.62. The number of anilines is 1. The van der Waals surface area contributed by atoms with E-state index in [2.05, 4.69) is 5.32 Å². The first-order valence-corrected chi connectivity index (χ1v) is 6.75. The van der Waals surface area contributed by atoms with Gasteiger partial charge in [0, 0.05) is 16.1 Å². The fraction of sp³-hybridized carbons (Fsp3) is 0.308. The maximum atomic E-state index is 13.1. The molecule has 0 spiro atoms. The van der Waals surface area contributed by atoms with Crippen molar-refractivity contribution in [2.24, 2.45) is 0 Å².